The molecule has 1 aliphatic rings. The largest absolute Gasteiger partial charge is 0.505 e. The zero-order chi connectivity index (χ0) is 15.9. The van der Waals surface area contributed by atoms with E-state index in [2.05, 4.69) is 24.3 Å². The summed E-state index contributed by atoms with van der Waals surface area (Å²) in [5.74, 6) is 0.812. The van der Waals surface area contributed by atoms with Crippen LogP contribution in [0.4, 0.5) is 0 Å². The zero-order valence-electron chi connectivity index (χ0n) is 13.7. The van der Waals surface area contributed by atoms with Crippen molar-refractivity contribution in [2.75, 3.05) is 0 Å². The molecule has 0 spiro atoms. The number of aromatic nitrogens is 1. The zero-order valence-corrected chi connectivity index (χ0v) is 19.0. The van der Waals surface area contributed by atoms with E-state index < -0.39 is 0 Å². The summed E-state index contributed by atoms with van der Waals surface area (Å²) in [6.45, 7) is 0.494. The summed E-state index contributed by atoms with van der Waals surface area (Å²) >= 11 is 0. The number of ether oxygens (including phenoxy) is 1. The maximum Gasteiger partial charge on any atom is 0.141 e. The number of hydrogen-bond donors (Lipinski definition) is 0. The molecule has 1 aromatic heterocycles. The smallest absolute Gasteiger partial charge is 0.141 e. The molecule has 0 atom stereocenters. The quantitative estimate of drug-likeness (QED) is 0.297. The minimum Gasteiger partial charge on any atom is -0.505 e. The molecular formula is C22H12IrNOY-3. The summed E-state index contributed by atoms with van der Waals surface area (Å²) in [6.07, 6.45) is 0. The van der Waals surface area contributed by atoms with Crippen molar-refractivity contribution in [3.05, 3.63) is 84.4 Å². The molecule has 5 rings (SSSR count). The van der Waals surface area contributed by atoms with Crippen LogP contribution in [0, 0.1) is 18.2 Å². The second kappa shape index (κ2) is 8.10. The molecule has 2 nitrogen and oxygen atoms in total. The fraction of sp³-hybridized carbons (Fsp3) is 0.0455. The first kappa shape index (κ1) is 19.4. The van der Waals surface area contributed by atoms with Gasteiger partial charge in [0.1, 0.15) is 5.75 Å². The SMILES string of the molecule is [Ir].[Y].[c-]1ccccc1-c1[c-]c[c-]c2c1COc1cc3ccccc3nc1-2. The first-order valence-electron chi connectivity index (χ1n) is 7.85. The third-order valence-electron chi connectivity index (χ3n) is 4.31. The predicted molar refractivity (Wildman–Crippen MR) is 93.5 cm³/mol. The van der Waals surface area contributed by atoms with Gasteiger partial charge in [0.25, 0.3) is 0 Å². The Morgan fingerprint density at radius 3 is 2.58 bits per heavy atom. The van der Waals surface area contributed by atoms with Crippen LogP contribution in [0.25, 0.3) is 33.3 Å². The van der Waals surface area contributed by atoms with Crippen molar-refractivity contribution in [3.63, 3.8) is 0 Å². The van der Waals surface area contributed by atoms with Gasteiger partial charge in [0.15, 0.2) is 0 Å². The molecule has 0 fully saturated rings. The van der Waals surface area contributed by atoms with Gasteiger partial charge in [-0.2, -0.15) is 17.7 Å². The fourth-order valence-corrected chi connectivity index (χ4v) is 3.16. The van der Waals surface area contributed by atoms with Crippen LogP contribution < -0.4 is 4.74 Å². The number of nitrogens with zero attached hydrogens (tertiary/aromatic N) is 1. The fourth-order valence-electron chi connectivity index (χ4n) is 3.16. The van der Waals surface area contributed by atoms with E-state index in [9.17, 15) is 0 Å². The van der Waals surface area contributed by atoms with Crippen LogP contribution in [0.1, 0.15) is 5.56 Å². The summed E-state index contributed by atoms with van der Waals surface area (Å²) in [7, 11) is 0. The third kappa shape index (κ3) is 3.30. The summed E-state index contributed by atoms with van der Waals surface area (Å²) in [4.78, 5) is 4.81. The van der Waals surface area contributed by atoms with Crippen LogP contribution in [0.5, 0.6) is 5.75 Å². The molecule has 0 saturated carbocycles. The first-order chi connectivity index (χ1) is 11.9. The maximum absolute atomic E-state index is 6.00. The molecule has 2 radical (unpaired) electrons. The van der Waals surface area contributed by atoms with Gasteiger partial charge >= 0.3 is 0 Å². The number of hydrogen-bond acceptors (Lipinski definition) is 2. The van der Waals surface area contributed by atoms with E-state index in [-0.39, 0.29) is 52.8 Å². The molecule has 4 aromatic rings. The van der Waals surface area contributed by atoms with Gasteiger partial charge in [-0.1, -0.05) is 18.2 Å². The summed E-state index contributed by atoms with van der Waals surface area (Å²) in [5, 5.41) is 1.08. The van der Waals surface area contributed by atoms with Crippen LogP contribution in [0.3, 0.4) is 0 Å². The second-order valence-electron chi connectivity index (χ2n) is 5.75. The van der Waals surface area contributed by atoms with Crippen LogP contribution >= 0.6 is 0 Å². The van der Waals surface area contributed by atoms with Crippen molar-refractivity contribution in [3.8, 4) is 28.1 Å². The Balaban J connectivity index is 0.000000980. The number of benzene rings is 3. The molecule has 0 aliphatic carbocycles. The standard InChI is InChI=1S/C22H12NO.Ir.Y/c1-2-7-15(8-3-1)17-10-6-11-18-19(17)14-24-21-13-16-9-4-5-12-20(16)23-22(18)21;;/h1-7,9,12-13H,14H2;;/q-3;;. The van der Waals surface area contributed by atoms with Crippen molar-refractivity contribution in [1.29, 1.82) is 0 Å². The Bertz CT molecular complexity index is 1070. The van der Waals surface area contributed by atoms with Crippen LogP contribution in [-0.2, 0) is 59.4 Å². The normalized spacial score (nSPS) is 11.4. The first-order valence-corrected chi connectivity index (χ1v) is 7.85. The molecule has 0 N–H and O–H groups in total. The Morgan fingerprint density at radius 2 is 1.73 bits per heavy atom. The van der Waals surface area contributed by atoms with Gasteiger partial charge < -0.3 is 21.9 Å². The minimum atomic E-state index is 0. The van der Waals surface area contributed by atoms with E-state index in [4.69, 9.17) is 9.72 Å². The molecule has 4 heteroatoms. The third-order valence-corrected chi connectivity index (χ3v) is 4.31. The van der Waals surface area contributed by atoms with Gasteiger partial charge in [0.2, 0.25) is 0 Å². The number of pyridine rings is 1. The van der Waals surface area contributed by atoms with Gasteiger partial charge in [0, 0.05) is 64.8 Å². The average molecular weight is 587 g/mol. The van der Waals surface area contributed by atoms with Crippen LogP contribution in [0.15, 0.2) is 60.7 Å². The van der Waals surface area contributed by atoms with Crippen LogP contribution in [-0.4, -0.2) is 4.98 Å². The van der Waals surface area contributed by atoms with Crippen LogP contribution in [0.2, 0.25) is 0 Å². The summed E-state index contributed by atoms with van der Waals surface area (Å²) in [5.41, 5.74) is 5.88. The molecule has 126 valence electrons. The van der Waals surface area contributed by atoms with Crippen molar-refractivity contribution in [2.45, 2.75) is 6.61 Å². The molecule has 1 aliphatic heterocycles. The molecule has 3 aromatic carbocycles. The van der Waals surface area contributed by atoms with Gasteiger partial charge in [-0.3, -0.25) is 12.1 Å². The van der Waals surface area contributed by atoms with E-state index in [0.29, 0.717) is 6.61 Å². The number of rotatable bonds is 1. The van der Waals surface area contributed by atoms with Crippen molar-refractivity contribution >= 4 is 10.9 Å². The number of para-hydroxylation sites is 1. The Morgan fingerprint density at radius 1 is 0.923 bits per heavy atom. The Hall–Kier alpha value is -1.38. The van der Waals surface area contributed by atoms with Gasteiger partial charge in [-0.15, -0.1) is 6.07 Å². The molecule has 2 heterocycles. The average Bonchev–Trinajstić information content (AvgIpc) is 2.66. The molecule has 26 heavy (non-hydrogen) atoms. The summed E-state index contributed by atoms with van der Waals surface area (Å²) in [6, 6.07) is 29.7. The maximum atomic E-state index is 6.00. The topological polar surface area (TPSA) is 22.1 Å². The van der Waals surface area contributed by atoms with E-state index in [1.165, 1.54) is 0 Å². The van der Waals surface area contributed by atoms with E-state index in [0.717, 1.165) is 44.6 Å². The molecule has 0 amide bonds. The minimum absolute atomic E-state index is 0. The molecule has 0 bridgehead atoms. The Kier molecular flexibility index (Phi) is 6.04. The van der Waals surface area contributed by atoms with E-state index in [1.807, 2.05) is 54.6 Å². The summed E-state index contributed by atoms with van der Waals surface area (Å²) < 4.78 is 6.00. The monoisotopic (exact) mass is 588 g/mol. The van der Waals surface area contributed by atoms with Crippen molar-refractivity contribution in [1.82, 2.24) is 4.98 Å². The van der Waals surface area contributed by atoms with Gasteiger partial charge in [0.05, 0.1) is 11.2 Å². The molecule has 0 saturated heterocycles. The van der Waals surface area contributed by atoms with Crippen molar-refractivity contribution in [2.24, 2.45) is 0 Å². The second-order valence-corrected chi connectivity index (χ2v) is 5.75. The predicted octanol–water partition coefficient (Wildman–Crippen LogP) is 4.86. The van der Waals surface area contributed by atoms with Crippen molar-refractivity contribution < 1.29 is 57.6 Å². The van der Waals surface area contributed by atoms with Gasteiger partial charge in [-0.05, 0) is 12.1 Å². The molecule has 0 unspecified atom stereocenters. The van der Waals surface area contributed by atoms with E-state index >= 15 is 0 Å². The van der Waals surface area contributed by atoms with E-state index in [1.54, 1.807) is 0 Å². The Labute approximate surface area is 191 Å². The number of fused-ring (bicyclic) bond motifs is 4. The molecular weight excluding hydrogens is 575 g/mol. The van der Waals surface area contributed by atoms with Gasteiger partial charge in [-0.25, -0.2) is 22.7 Å².